The Balaban J connectivity index is 1.81. The lowest BCUT2D eigenvalue weighted by Gasteiger charge is -2.16. The first kappa shape index (κ1) is 24.9. The minimum atomic E-state index is -0.659. The lowest BCUT2D eigenvalue weighted by atomic mass is 9.84. The normalized spacial score (nSPS) is 17.1. The molecule has 0 heterocycles. The number of carbonyl (C=O) groups is 5. The van der Waals surface area contributed by atoms with E-state index in [1.807, 2.05) is 0 Å². The van der Waals surface area contributed by atoms with Crippen LogP contribution in [0.4, 0.5) is 0 Å². The molecular formula is C29H22O6. The molecular weight excluding hydrogens is 444 g/mol. The van der Waals surface area contributed by atoms with Crippen LogP contribution in [0.2, 0.25) is 0 Å². The second-order valence-electron chi connectivity index (χ2n) is 7.81. The molecule has 0 fully saturated rings. The van der Waals surface area contributed by atoms with Gasteiger partial charge in [-0.1, -0.05) is 49.6 Å². The number of rotatable bonds is 7. The maximum atomic E-state index is 12.7. The average Bonchev–Trinajstić information content (AvgIpc) is 2.84. The molecule has 174 valence electrons. The molecule has 2 aliphatic carbocycles. The zero-order valence-electron chi connectivity index (χ0n) is 19.3. The lowest BCUT2D eigenvalue weighted by molar-refractivity contribution is -0.115. The van der Waals surface area contributed by atoms with Crippen LogP contribution in [0, 0.1) is 0 Å². The van der Waals surface area contributed by atoms with Gasteiger partial charge in [0.05, 0.1) is 0 Å². The average molecular weight is 466 g/mol. The van der Waals surface area contributed by atoms with E-state index in [0.29, 0.717) is 5.56 Å². The molecule has 0 aliphatic heterocycles. The van der Waals surface area contributed by atoms with Crippen molar-refractivity contribution in [2.45, 2.75) is 13.8 Å². The van der Waals surface area contributed by atoms with E-state index in [1.54, 1.807) is 24.3 Å². The number of fused-ring (bicyclic) bond motifs is 1. The summed E-state index contributed by atoms with van der Waals surface area (Å²) in [6.45, 7) is 10.1. The largest absolute Gasteiger partial charge is 0.508 e. The van der Waals surface area contributed by atoms with Gasteiger partial charge in [-0.3, -0.25) is 24.0 Å². The number of benzene rings is 1. The van der Waals surface area contributed by atoms with Crippen LogP contribution < -0.4 is 0 Å². The van der Waals surface area contributed by atoms with Gasteiger partial charge in [-0.2, -0.15) is 0 Å². The number of carbonyl (C=O) groups excluding carboxylic acids is 5. The molecule has 0 saturated carbocycles. The fraction of sp³-hybridized carbons (Fsp3) is 0.0690. The van der Waals surface area contributed by atoms with Gasteiger partial charge in [0.15, 0.2) is 28.9 Å². The van der Waals surface area contributed by atoms with E-state index < -0.39 is 17.3 Å². The third-order valence-electron chi connectivity index (χ3n) is 5.71. The minimum Gasteiger partial charge on any atom is -0.508 e. The predicted octanol–water partition coefficient (Wildman–Crippen LogP) is 4.64. The highest BCUT2D eigenvalue weighted by Crippen LogP contribution is 2.28. The Bertz CT molecular complexity index is 1420. The monoisotopic (exact) mass is 466 g/mol. The molecule has 1 aromatic carbocycles. The third-order valence-corrected chi connectivity index (χ3v) is 5.71. The summed E-state index contributed by atoms with van der Waals surface area (Å²) in [5.41, 5.74) is 1.39. The van der Waals surface area contributed by atoms with E-state index in [0.717, 1.165) is 18.2 Å². The van der Waals surface area contributed by atoms with Gasteiger partial charge in [0, 0.05) is 50.6 Å². The SMILES string of the molecule is C=CC1=C(C=C)C(=O)C(/C=C/C(=O)/C=C(O)/C=C/C2=C(C)C(=O)c3ccccc3C2=O)=C(C)C1=O. The summed E-state index contributed by atoms with van der Waals surface area (Å²) in [6.07, 6.45) is 8.12. The van der Waals surface area contributed by atoms with Gasteiger partial charge in [0.1, 0.15) is 5.76 Å². The lowest BCUT2D eigenvalue weighted by Crippen LogP contribution is -2.20. The number of aliphatic hydroxyl groups is 1. The molecule has 0 unspecified atom stereocenters. The number of ketones is 5. The second kappa shape index (κ2) is 10.1. The smallest absolute Gasteiger partial charge is 0.194 e. The van der Waals surface area contributed by atoms with Crippen LogP contribution in [0.25, 0.3) is 0 Å². The van der Waals surface area contributed by atoms with Gasteiger partial charge in [-0.25, -0.2) is 0 Å². The summed E-state index contributed by atoms with van der Waals surface area (Å²) in [4.78, 5) is 62.7. The van der Waals surface area contributed by atoms with E-state index >= 15 is 0 Å². The minimum absolute atomic E-state index is 0.0399. The van der Waals surface area contributed by atoms with Crippen molar-refractivity contribution >= 4 is 28.9 Å². The van der Waals surface area contributed by atoms with Crippen LogP contribution in [0.5, 0.6) is 0 Å². The standard InChI is InChI=1S/C29H22O6/c1-5-20-21(6-2)28(34)22(16(3)26(20)32)13-11-18(30)15-19(31)12-14-23-17(4)27(33)24-9-7-8-10-25(24)29(23)35/h5-15,31H,1-2H2,3-4H3/b13-11+,14-12+,19-15-. The number of allylic oxidation sites excluding steroid dienone is 13. The van der Waals surface area contributed by atoms with Crippen molar-refractivity contribution in [3.05, 3.63) is 130 Å². The summed E-state index contributed by atoms with van der Waals surface area (Å²) in [5.74, 6) is -2.62. The van der Waals surface area contributed by atoms with Crippen molar-refractivity contribution in [3.8, 4) is 0 Å². The van der Waals surface area contributed by atoms with Crippen molar-refractivity contribution in [1.29, 1.82) is 0 Å². The Morgan fingerprint density at radius 1 is 0.714 bits per heavy atom. The summed E-state index contributed by atoms with van der Waals surface area (Å²) in [5, 5.41) is 10.1. The van der Waals surface area contributed by atoms with Crippen molar-refractivity contribution in [1.82, 2.24) is 0 Å². The van der Waals surface area contributed by atoms with Crippen molar-refractivity contribution in [2.75, 3.05) is 0 Å². The van der Waals surface area contributed by atoms with Crippen molar-refractivity contribution in [3.63, 3.8) is 0 Å². The van der Waals surface area contributed by atoms with Crippen LogP contribution in [0.15, 0.2) is 119 Å². The van der Waals surface area contributed by atoms with E-state index in [2.05, 4.69) is 13.2 Å². The Morgan fingerprint density at radius 3 is 1.80 bits per heavy atom. The first-order valence-electron chi connectivity index (χ1n) is 10.6. The summed E-state index contributed by atoms with van der Waals surface area (Å²) in [6, 6.07) is 6.46. The molecule has 6 nitrogen and oxygen atoms in total. The highest BCUT2D eigenvalue weighted by molar-refractivity contribution is 6.29. The van der Waals surface area contributed by atoms with E-state index in [4.69, 9.17) is 0 Å². The zero-order valence-corrected chi connectivity index (χ0v) is 19.3. The Hall–Kier alpha value is -4.71. The number of Topliss-reactive ketones (excluding diaryl/α,β-unsaturated/α-hetero) is 4. The fourth-order valence-electron chi connectivity index (χ4n) is 3.79. The van der Waals surface area contributed by atoms with Crippen LogP contribution >= 0.6 is 0 Å². The third kappa shape index (κ3) is 4.68. The van der Waals surface area contributed by atoms with E-state index in [-0.39, 0.29) is 56.4 Å². The Kier molecular flexibility index (Phi) is 7.16. The topological polar surface area (TPSA) is 106 Å². The quantitative estimate of drug-likeness (QED) is 0.272. The fourth-order valence-corrected chi connectivity index (χ4v) is 3.79. The Labute approximate surface area is 202 Å². The maximum Gasteiger partial charge on any atom is 0.194 e. The van der Waals surface area contributed by atoms with Gasteiger partial charge < -0.3 is 5.11 Å². The van der Waals surface area contributed by atoms with Gasteiger partial charge >= 0.3 is 0 Å². The molecule has 3 rings (SSSR count). The molecule has 0 bridgehead atoms. The summed E-state index contributed by atoms with van der Waals surface area (Å²) in [7, 11) is 0. The molecule has 0 radical (unpaired) electrons. The van der Waals surface area contributed by atoms with E-state index in [9.17, 15) is 29.1 Å². The number of hydrogen-bond acceptors (Lipinski definition) is 6. The van der Waals surface area contributed by atoms with Crippen molar-refractivity contribution < 1.29 is 29.1 Å². The zero-order chi connectivity index (χ0) is 25.9. The first-order valence-corrected chi connectivity index (χ1v) is 10.6. The highest BCUT2D eigenvalue weighted by atomic mass is 16.3. The molecule has 0 saturated heterocycles. The molecule has 0 amide bonds. The molecule has 0 spiro atoms. The number of hydrogen-bond donors (Lipinski definition) is 1. The second-order valence-corrected chi connectivity index (χ2v) is 7.81. The Morgan fingerprint density at radius 2 is 1.20 bits per heavy atom. The van der Waals surface area contributed by atoms with Crippen LogP contribution in [-0.2, 0) is 14.4 Å². The molecule has 0 atom stereocenters. The van der Waals surface area contributed by atoms with Gasteiger partial charge in [0.25, 0.3) is 0 Å². The van der Waals surface area contributed by atoms with Gasteiger partial charge in [-0.05, 0) is 38.2 Å². The highest BCUT2D eigenvalue weighted by Gasteiger charge is 2.29. The predicted molar refractivity (Wildman–Crippen MR) is 132 cm³/mol. The van der Waals surface area contributed by atoms with Crippen LogP contribution in [0.1, 0.15) is 34.6 Å². The molecule has 0 aromatic heterocycles. The number of aliphatic hydroxyl groups excluding tert-OH is 1. The summed E-state index contributed by atoms with van der Waals surface area (Å²) >= 11 is 0. The van der Waals surface area contributed by atoms with E-state index in [1.165, 1.54) is 38.2 Å². The molecule has 1 aromatic rings. The van der Waals surface area contributed by atoms with Gasteiger partial charge in [0.2, 0.25) is 0 Å². The molecule has 35 heavy (non-hydrogen) atoms. The van der Waals surface area contributed by atoms with Crippen LogP contribution in [-0.4, -0.2) is 34.0 Å². The van der Waals surface area contributed by atoms with Crippen LogP contribution in [0.3, 0.4) is 0 Å². The maximum absolute atomic E-state index is 12.7. The molecule has 6 heteroatoms. The summed E-state index contributed by atoms with van der Waals surface area (Å²) < 4.78 is 0. The van der Waals surface area contributed by atoms with Crippen molar-refractivity contribution in [2.24, 2.45) is 0 Å². The molecule has 2 aliphatic rings. The first-order chi connectivity index (χ1) is 16.6. The van der Waals surface area contributed by atoms with Gasteiger partial charge in [-0.15, -0.1) is 0 Å². The molecule has 1 N–H and O–H groups in total.